The molecule has 0 radical (unpaired) electrons. The summed E-state index contributed by atoms with van der Waals surface area (Å²) in [5.41, 5.74) is -1.66. The van der Waals surface area contributed by atoms with Crippen molar-refractivity contribution in [3.05, 3.63) is 57.4 Å². The fourth-order valence-electron chi connectivity index (χ4n) is 2.27. The number of halogens is 3. The minimum atomic E-state index is -1.77. The first-order valence-electron chi connectivity index (χ1n) is 7.81. The third-order valence-electron chi connectivity index (χ3n) is 3.66. The van der Waals surface area contributed by atoms with Crippen LogP contribution in [-0.4, -0.2) is 37.5 Å². The van der Waals surface area contributed by atoms with E-state index >= 15 is 0 Å². The summed E-state index contributed by atoms with van der Waals surface area (Å²) in [4.78, 5) is 34.5. The van der Waals surface area contributed by atoms with E-state index < -0.39 is 57.7 Å². The Morgan fingerprint density at radius 3 is 2.28 bits per heavy atom. The summed E-state index contributed by atoms with van der Waals surface area (Å²) in [6, 6.07) is 3.44. The number of benzene rings is 2. The molecule has 0 bridgehead atoms. The molecule has 2 aromatic rings. The second-order valence-electron chi connectivity index (χ2n) is 5.44. The van der Waals surface area contributed by atoms with E-state index in [1.165, 1.54) is 14.2 Å². The van der Waals surface area contributed by atoms with Crippen LogP contribution in [0.1, 0.15) is 10.4 Å². The van der Waals surface area contributed by atoms with Crippen LogP contribution in [0.2, 0.25) is 0 Å². The number of nitro groups is 1. The van der Waals surface area contributed by atoms with Crippen LogP contribution in [0.3, 0.4) is 0 Å². The first-order valence-corrected chi connectivity index (χ1v) is 7.81. The van der Waals surface area contributed by atoms with Crippen molar-refractivity contribution in [2.24, 2.45) is 0 Å². The zero-order valence-electron chi connectivity index (χ0n) is 15.0. The second-order valence-corrected chi connectivity index (χ2v) is 5.44. The van der Waals surface area contributed by atoms with Gasteiger partial charge in [-0.15, -0.1) is 0 Å². The Balaban J connectivity index is 2.15. The van der Waals surface area contributed by atoms with Gasteiger partial charge in [-0.3, -0.25) is 19.7 Å². The van der Waals surface area contributed by atoms with E-state index in [1.54, 1.807) is 0 Å². The third kappa shape index (κ3) is 4.72. The summed E-state index contributed by atoms with van der Waals surface area (Å²) in [5, 5.41) is 15.3. The Labute approximate surface area is 161 Å². The largest absolute Gasteiger partial charge is 0.493 e. The van der Waals surface area contributed by atoms with Crippen molar-refractivity contribution in [2.45, 2.75) is 0 Å². The van der Waals surface area contributed by atoms with Crippen molar-refractivity contribution in [1.82, 2.24) is 5.32 Å². The van der Waals surface area contributed by atoms with E-state index in [0.29, 0.717) is 6.07 Å². The first-order chi connectivity index (χ1) is 13.7. The molecule has 29 heavy (non-hydrogen) atoms. The molecule has 2 amide bonds. The fraction of sp³-hybridized carbons (Fsp3) is 0.176. The molecule has 0 atom stereocenters. The van der Waals surface area contributed by atoms with E-state index in [1.807, 2.05) is 5.32 Å². The highest BCUT2D eigenvalue weighted by Crippen LogP contribution is 2.34. The fourth-order valence-corrected chi connectivity index (χ4v) is 2.27. The van der Waals surface area contributed by atoms with E-state index in [2.05, 4.69) is 5.32 Å². The summed E-state index contributed by atoms with van der Waals surface area (Å²) in [6.45, 7) is -0.733. The SMILES string of the molecule is COc1cc(C(=O)NCC(=O)Nc2ccc(F)c(F)c2F)c([N+](=O)[O-])cc1OC. The molecule has 154 valence electrons. The van der Waals surface area contributed by atoms with Gasteiger partial charge >= 0.3 is 0 Å². The smallest absolute Gasteiger partial charge is 0.286 e. The van der Waals surface area contributed by atoms with Crippen LogP contribution < -0.4 is 20.1 Å². The first kappa shape index (κ1) is 21.5. The number of methoxy groups -OCH3 is 2. The summed E-state index contributed by atoms with van der Waals surface area (Å²) in [7, 11) is 2.51. The van der Waals surface area contributed by atoms with Gasteiger partial charge in [-0.1, -0.05) is 0 Å². The maximum Gasteiger partial charge on any atom is 0.286 e. The second kappa shape index (κ2) is 8.91. The highest BCUT2D eigenvalue weighted by molar-refractivity contribution is 6.02. The summed E-state index contributed by atoms with van der Waals surface area (Å²) < 4.78 is 49.6. The highest BCUT2D eigenvalue weighted by atomic mass is 19.2. The number of nitrogens with zero attached hydrogens (tertiary/aromatic N) is 1. The zero-order valence-corrected chi connectivity index (χ0v) is 15.0. The number of carbonyl (C=O) groups is 2. The lowest BCUT2D eigenvalue weighted by Gasteiger charge is -2.11. The Kier molecular flexibility index (Phi) is 6.59. The molecular formula is C17H14F3N3O6. The average Bonchev–Trinajstić information content (AvgIpc) is 2.71. The highest BCUT2D eigenvalue weighted by Gasteiger charge is 2.25. The van der Waals surface area contributed by atoms with Gasteiger partial charge in [0.25, 0.3) is 11.6 Å². The molecule has 0 aliphatic carbocycles. The van der Waals surface area contributed by atoms with E-state index in [9.17, 15) is 32.9 Å². The van der Waals surface area contributed by atoms with Crippen molar-refractivity contribution >= 4 is 23.2 Å². The number of nitro benzene ring substituents is 1. The van der Waals surface area contributed by atoms with Crippen LogP contribution in [0.15, 0.2) is 24.3 Å². The monoisotopic (exact) mass is 413 g/mol. The lowest BCUT2D eigenvalue weighted by atomic mass is 10.1. The molecule has 9 nitrogen and oxygen atoms in total. The van der Waals surface area contributed by atoms with Gasteiger partial charge in [0.2, 0.25) is 5.91 Å². The predicted octanol–water partition coefficient (Wildman–Crippen LogP) is 2.40. The van der Waals surface area contributed by atoms with Crippen LogP contribution in [0.4, 0.5) is 24.5 Å². The molecule has 0 aromatic heterocycles. The standard InChI is InChI=1S/C17H14F3N3O6/c1-28-12-5-8(11(23(26)27)6-13(12)29-2)17(25)21-7-14(24)22-10-4-3-9(18)15(19)16(10)20/h3-6H,7H2,1-2H3,(H,21,25)(H,22,24). The molecule has 0 aliphatic rings. The van der Waals surface area contributed by atoms with Gasteiger partial charge in [-0.05, 0) is 12.1 Å². The van der Waals surface area contributed by atoms with Gasteiger partial charge in [0.15, 0.2) is 29.0 Å². The van der Waals surface area contributed by atoms with Crippen molar-refractivity contribution in [1.29, 1.82) is 0 Å². The van der Waals surface area contributed by atoms with E-state index in [4.69, 9.17) is 9.47 Å². The lowest BCUT2D eigenvalue weighted by molar-refractivity contribution is -0.385. The molecule has 2 N–H and O–H groups in total. The summed E-state index contributed by atoms with van der Waals surface area (Å²) in [6.07, 6.45) is 0. The normalized spacial score (nSPS) is 10.2. The van der Waals surface area contributed by atoms with Gasteiger partial charge in [0.1, 0.15) is 5.56 Å². The van der Waals surface area contributed by atoms with E-state index in [-0.39, 0.29) is 11.5 Å². The Hall–Kier alpha value is -3.83. The van der Waals surface area contributed by atoms with Gasteiger partial charge < -0.3 is 20.1 Å². The van der Waals surface area contributed by atoms with Gasteiger partial charge in [-0.2, -0.15) is 0 Å². The van der Waals surface area contributed by atoms with Gasteiger partial charge in [0.05, 0.1) is 37.4 Å². The van der Waals surface area contributed by atoms with Crippen molar-refractivity contribution in [3.63, 3.8) is 0 Å². The van der Waals surface area contributed by atoms with Crippen molar-refractivity contribution < 1.29 is 37.2 Å². The molecule has 0 spiro atoms. The maximum absolute atomic E-state index is 13.6. The number of carbonyl (C=O) groups excluding carboxylic acids is 2. The molecule has 2 rings (SSSR count). The molecule has 2 aromatic carbocycles. The van der Waals surface area contributed by atoms with Crippen LogP contribution >= 0.6 is 0 Å². The Morgan fingerprint density at radius 2 is 1.69 bits per heavy atom. The zero-order chi connectivity index (χ0) is 21.7. The topological polar surface area (TPSA) is 120 Å². The number of anilines is 1. The molecule has 0 aliphatic heterocycles. The Bertz CT molecular complexity index is 983. The quantitative estimate of drug-likeness (QED) is 0.409. The lowest BCUT2D eigenvalue weighted by Crippen LogP contribution is -2.33. The number of rotatable bonds is 7. The number of hydrogen-bond acceptors (Lipinski definition) is 6. The third-order valence-corrected chi connectivity index (χ3v) is 3.66. The molecule has 0 fully saturated rings. The van der Waals surface area contributed by atoms with Crippen LogP contribution in [-0.2, 0) is 4.79 Å². The number of amides is 2. The van der Waals surface area contributed by atoms with Crippen molar-refractivity contribution in [3.8, 4) is 11.5 Å². The molecular weight excluding hydrogens is 399 g/mol. The number of ether oxygens (including phenoxy) is 2. The molecule has 0 unspecified atom stereocenters. The Morgan fingerprint density at radius 1 is 1.07 bits per heavy atom. The predicted molar refractivity (Wildman–Crippen MR) is 93.5 cm³/mol. The molecule has 0 saturated carbocycles. The maximum atomic E-state index is 13.6. The summed E-state index contributed by atoms with van der Waals surface area (Å²) >= 11 is 0. The van der Waals surface area contributed by atoms with Crippen LogP contribution in [0, 0.1) is 27.6 Å². The molecule has 0 heterocycles. The number of hydrogen-bond donors (Lipinski definition) is 2. The van der Waals surface area contributed by atoms with Gasteiger partial charge in [0, 0.05) is 6.07 Å². The van der Waals surface area contributed by atoms with E-state index in [0.717, 1.165) is 18.2 Å². The molecule has 0 saturated heterocycles. The minimum absolute atomic E-state index is 0.0160. The van der Waals surface area contributed by atoms with Gasteiger partial charge in [-0.25, -0.2) is 13.2 Å². The van der Waals surface area contributed by atoms with Crippen LogP contribution in [0.25, 0.3) is 0 Å². The van der Waals surface area contributed by atoms with Crippen LogP contribution in [0.5, 0.6) is 11.5 Å². The van der Waals surface area contributed by atoms with Crippen molar-refractivity contribution in [2.75, 3.05) is 26.1 Å². The summed E-state index contributed by atoms with van der Waals surface area (Å²) in [5.74, 6) is -6.74. The number of nitrogens with one attached hydrogen (secondary N) is 2. The average molecular weight is 413 g/mol. The molecule has 12 heteroatoms. The minimum Gasteiger partial charge on any atom is -0.493 e.